The van der Waals surface area contributed by atoms with E-state index in [2.05, 4.69) is 5.32 Å². The molecule has 0 bridgehead atoms. The maximum Gasteiger partial charge on any atom is 0.321 e. The van der Waals surface area contributed by atoms with Crippen molar-refractivity contribution in [1.29, 1.82) is 0 Å². The van der Waals surface area contributed by atoms with Crippen LogP contribution in [0, 0.1) is 11.2 Å². The molecule has 5 nitrogen and oxygen atoms in total. The number of amides is 2. The van der Waals surface area contributed by atoms with Gasteiger partial charge in [0.25, 0.3) is 0 Å². The molecule has 2 saturated heterocycles. The standard InChI is InChI=1S/C15H19FN2O3/c1-14(2)20-9-15(10-21-14)7-18(8-15)13(19)17-12-5-3-11(16)4-6-12/h3-6H,7-10H2,1-2H3,(H,17,19). The van der Waals surface area contributed by atoms with Crippen molar-refractivity contribution >= 4 is 11.7 Å². The first-order valence-corrected chi connectivity index (χ1v) is 6.97. The number of anilines is 1. The van der Waals surface area contributed by atoms with Gasteiger partial charge in [-0.3, -0.25) is 0 Å². The van der Waals surface area contributed by atoms with Gasteiger partial charge in [0.2, 0.25) is 0 Å². The number of halogens is 1. The molecule has 2 aliphatic rings. The Kier molecular flexibility index (Phi) is 3.37. The van der Waals surface area contributed by atoms with Gasteiger partial charge in [0.15, 0.2) is 5.79 Å². The summed E-state index contributed by atoms with van der Waals surface area (Å²) in [5, 5.41) is 2.75. The third kappa shape index (κ3) is 3.01. The number of urea groups is 1. The van der Waals surface area contributed by atoms with Gasteiger partial charge in [0.1, 0.15) is 5.82 Å². The summed E-state index contributed by atoms with van der Waals surface area (Å²) in [6, 6.07) is 5.53. The number of nitrogens with zero attached hydrogens (tertiary/aromatic N) is 1. The minimum Gasteiger partial charge on any atom is -0.350 e. The monoisotopic (exact) mass is 294 g/mol. The predicted octanol–water partition coefficient (Wildman–Crippen LogP) is 2.44. The zero-order valence-corrected chi connectivity index (χ0v) is 12.2. The highest BCUT2D eigenvalue weighted by molar-refractivity contribution is 5.89. The quantitative estimate of drug-likeness (QED) is 0.865. The molecule has 1 N–H and O–H groups in total. The van der Waals surface area contributed by atoms with Crippen molar-refractivity contribution in [2.75, 3.05) is 31.6 Å². The first-order valence-electron chi connectivity index (χ1n) is 6.97. The second kappa shape index (κ2) is 4.96. The number of nitrogens with one attached hydrogen (secondary N) is 1. The molecule has 1 aromatic rings. The smallest absolute Gasteiger partial charge is 0.321 e. The summed E-state index contributed by atoms with van der Waals surface area (Å²) in [6.45, 7) is 6.18. The fraction of sp³-hybridized carbons (Fsp3) is 0.533. The molecule has 1 spiro atoms. The lowest BCUT2D eigenvalue weighted by atomic mass is 9.81. The maximum atomic E-state index is 12.8. The predicted molar refractivity (Wildman–Crippen MR) is 75.4 cm³/mol. The number of hydrogen-bond donors (Lipinski definition) is 1. The molecule has 0 atom stereocenters. The van der Waals surface area contributed by atoms with E-state index >= 15 is 0 Å². The van der Waals surface area contributed by atoms with Crippen molar-refractivity contribution in [2.45, 2.75) is 19.6 Å². The van der Waals surface area contributed by atoms with E-state index in [4.69, 9.17) is 9.47 Å². The summed E-state index contributed by atoms with van der Waals surface area (Å²) in [5.41, 5.74) is 0.495. The van der Waals surface area contributed by atoms with Gasteiger partial charge in [-0.2, -0.15) is 0 Å². The van der Waals surface area contributed by atoms with Gasteiger partial charge in [-0.1, -0.05) is 0 Å². The van der Waals surface area contributed by atoms with Gasteiger partial charge in [-0.25, -0.2) is 9.18 Å². The third-order valence-electron chi connectivity index (χ3n) is 3.89. The van der Waals surface area contributed by atoms with Gasteiger partial charge >= 0.3 is 6.03 Å². The van der Waals surface area contributed by atoms with Crippen molar-refractivity contribution in [3.05, 3.63) is 30.1 Å². The van der Waals surface area contributed by atoms with E-state index in [1.807, 2.05) is 13.8 Å². The molecular weight excluding hydrogens is 275 g/mol. The SMILES string of the molecule is CC1(C)OCC2(CO1)CN(C(=O)Nc1ccc(F)cc1)C2. The van der Waals surface area contributed by atoms with Gasteiger partial charge in [-0.05, 0) is 38.1 Å². The van der Waals surface area contributed by atoms with Crippen LogP contribution in [0.2, 0.25) is 0 Å². The van der Waals surface area contributed by atoms with E-state index < -0.39 is 5.79 Å². The van der Waals surface area contributed by atoms with Crippen molar-refractivity contribution in [2.24, 2.45) is 5.41 Å². The highest BCUT2D eigenvalue weighted by Crippen LogP contribution is 2.37. The van der Waals surface area contributed by atoms with E-state index in [1.165, 1.54) is 24.3 Å². The van der Waals surface area contributed by atoms with Crippen LogP contribution in [0.5, 0.6) is 0 Å². The van der Waals surface area contributed by atoms with Crippen molar-refractivity contribution in [3.8, 4) is 0 Å². The number of likely N-dealkylation sites (tertiary alicyclic amines) is 1. The van der Waals surface area contributed by atoms with Crippen LogP contribution in [-0.2, 0) is 9.47 Å². The van der Waals surface area contributed by atoms with Crippen molar-refractivity contribution in [1.82, 2.24) is 4.90 Å². The minimum atomic E-state index is -0.540. The van der Waals surface area contributed by atoms with Crippen molar-refractivity contribution in [3.63, 3.8) is 0 Å². The Hall–Kier alpha value is -1.66. The van der Waals surface area contributed by atoms with Crippen LogP contribution in [-0.4, -0.2) is 43.0 Å². The molecule has 0 aromatic heterocycles. The van der Waals surface area contributed by atoms with Crippen LogP contribution >= 0.6 is 0 Å². The number of hydrogen-bond acceptors (Lipinski definition) is 3. The van der Waals surface area contributed by atoms with Crippen LogP contribution in [0.4, 0.5) is 14.9 Å². The Morgan fingerprint density at radius 2 is 1.76 bits per heavy atom. The fourth-order valence-corrected chi connectivity index (χ4v) is 2.56. The van der Waals surface area contributed by atoms with Gasteiger partial charge in [0.05, 0.1) is 18.6 Å². The van der Waals surface area contributed by atoms with E-state index in [-0.39, 0.29) is 17.3 Å². The molecular formula is C15H19FN2O3. The molecule has 3 rings (SSSR count). The Morgan fingerprint density at radius 1 is 1.19 bits per heavy atom. The summed E-state index contributed by atoms with van der Waals surface area (Å²) in [7, 11) is 0. The largest absolute Gasteiger partial charge is 0.350 e. The fourth-order valence-electron chi connectivity index (χ4n) is 2.56. The zero-order valence-electron chi connectivity index (χ0n) is 12.2. The first-order chi connectivity index (χ1) is 9.88. The molecule has 2 aliphatic heterocycles. The summed E-state index contributed by atoms with van der Waals surface area (Å²) in [4.78, 5) is 13.8. The molecule has 1 aromatic carbocycles. The Balaban J connectivity index is 1.52. The van der Waals surface area contributed by atoms with Crippen LogP contribution in [0.1, 0.15) is 13.8 Å². The number of carbonyl (C=O) groups is 1. The van der Waals surface area contributed by atoms with E-state index in [1.54, 1.807) is 4.90 Å². The molecule has 2 amide bonds. The normalized spacial score (nSPS) is 22.7. The van der Waals surface area contributed by atoms with Gasteiger partial charge in [-0.15, -0.1) is 0 Å². The van der Waals surface area contributed by atoms with Crippen LogP contribution in [0.3, 0.4) is 0 Å². The van der Waals surface area contributed by atoms with Crippen molar-refractivity contribution < 1.29 is 18.7 Å². The Bertz CT molecular complexity index is 526. The number of ether oxygens (including phenoxy) is 2. The molecule has 21 heavy (non-hydrogen) atoms. The molecule has 6 heteroatoms. The van der Waals surface area contributed by atoms with E-state index in [9.17, 15) is 9.18 Å². The van der Waals surface area contributed by atoms with Crippen LogP contribution in [0.15, 0.2) is 24.3 Å². The maximum absolute atomic E-state index is 12.8. The Morgan fingerprint density at radius 3 is 2.33 bits per heavy atom. The molecule has 2 heterocycles. The van der Waals surface area contributed by atoms with Crippen LogP contribution in [0.25, 0.3) is 0 Å². The lowest BCUT2D eigenvalue weighted by Gasteiger charge is -2.53. The van der Waals surface area contributed by atoms with E-state index in [0.29, 0.717) is 32.0 Å². The third-order valence-corrected chi connectivity index (χ3v) is 3.89. The topological polar surface area (TPSA) is 50.8 Å². The van der Waals surface area contributed by atoms with Gasteiger partial charge < -0.3 is 19.7 Å². The molecule has 2 fully saturated rings. The second-order valence-corrected chi connectivity index (χ2v) is 6.27. The van der Waals surface area contributed by atoms with Gasteiger partial charge in [0, 0.05) is 18.8 Å². The Labute approximate surface area is 123 Å². The number of carbonyl (C=O) groups excluding carboxylic acids is 1. The first kappa shape index (κ1) is 14.3. The molecule has 0 saturated carbocycles. The summed E-state index contributed by atoms with van der Waals surface area (Å²) in [5.74, 6) is -0.864. The second-order valence-electron chi connectivity index (χ2n) is 6.27. The number of rotatable bonds is 1. The van der Waals surface area contributed by atoms with E-state index in [0.717, 1.165) is 0 Å². The highest BCUT2D eigenvalue weighted by atomic mass is 19.1. The average molecular weight is 294 g/mol. The lowest BCUT2D eigenvalue weighted by Crippen LogP contribution is -2.66. The minimum absolute atomic E-state index is 0.0876. The summed E-state index contributed by atoms with van der Waals surface area (Å²) in [6.07, 6.45) is 0. The summed E-state index contributed by atoms with van der Waals surface area (Å²) < 4.78 is 24.1. The van der Waals surface area contributed by atoms with Crippen LogP contribution < -0.4 is 5.32 Å². The summed E-state index contributed by atoms with van der Waals surface area (Å²) >= 11 is 0. The molecule has 0 radical (unpaired) electrons. The highest BCUT2D eigenvalue weighted by Gasteiger charge is 2.50. The zero-order chi connectivity index (χ0) is 15.1. The molecule has 0 aliphatic carbocycles. The molecule has 114 valence electrons. The lowest BCUT2D eigenvalue weighted by molar-refractivity contribution is -0.301. The molecule has 0 unspecified atom stereocenters. The average Bonchev–Trinajstić information content (AvgIpc) is 2.39. The number of benzene rings is 1.